The first-order valence-electron chi connectivity index (χ1n) is 8.33. The lowest BCUT2D eigenvalue weighted by Crippen LogP contribution is -2.34. The third-order valence-corrected chi connectivity index (χ3v) is 6.57. The minimum Gasteiger partial charge on any atom is -0.254 e. The number of rotatable bonds is 5. The molecule has 0 bridgehead atoms. The van der Waals surface area contributed by atoms with Gasteiger partial charge in [0.05, 0.1) is 10.0 Å². The van der Waals surface area contributed by atoms with Crippen LogP contribution in [0.3, 0.4) is 0 Å². The number of halogens is 5. The van der Waals surface area contributed by atoms with E-state index < -0.39 is 26.7 Å². The molecule has 0 aromatic heterocycles. The molecule has 2 aromatic carbocycles. The minimum absolute atomic E-state index is 0.0776. The van der Waals surface area contributed by atoms with Crippen molar-refractivity contribution in [1.82, 2.24) is 4.72 Å². The van der Waals surface area contributed by atoms with Crippen molar-refractivity contribution in [1.29, 1.82) is 0 Å². The van der Waals surface area contributed by atoms with E-state index >= 15 is 0 Å². The average Bonchev–Trinajstić information content (AvgIpc) is 2.62. The van der Waals surface area contributed by atoms with E-state index in [1.807, 2.05) is 36.4 Å². The van der Waals surface area contributed by atoms with E-state index in [-0.39, 0.29) is 5.92 Å². The van der Waals surface area contributed by atoms with Crippen molar-refractivity contribution in [3.8, 4) is 0 Å². The van der Waals surface area contributed by atoms with Crippen molar-refractivity contribution >= 4 is 68.3 Å². The van der Waals surface area contributed by atoms with Gasteiger partial charge in [-0.05, 0) is 41.7 Å². The predicted molar refractivity (Wildman–Crippen MR) is 115 cm³/mol. The van der Waals surface area contributed by atoms with Crippen LogP contribution in [0.15, 0.2) is 42.5 Å². The standard InChI is InChI=1S/C18H16Cl5NO3S/c19-15-7-5-11(9-16(15)20)12-6-8-17(14-4-2-1-3-13(12)14)24-28(25,26)27-10-18(21,22)23/h1-5,7,9,12,17,24H,6,8,10H2/t12-,17-/m0/s1. The molecule has 0 saturated heterocycles. The molecule has 10 heteroatoms. The fourth-order valence-corrected chi connectivity index (χ4v) is 5.00. The monoisotopic (exact) mass is 501 g/mol. The molecule has 0 unspecified atom stereocenters. The Bertz CT molecular complexity index is 962. The SMILES string of the molecule is O=S(=O)(N[C@H]1CC[C@@H](c2ccc(Cl)c(Cl)c2)c2ccccc21)OCC(Cl)(Cl)Cl. The van der Waals surface area contributed by atoms with Crippen LogP contribution in [0.2, 0.25) is 10.0 Å². The summed E-state index contributed by atoms with van der Waals surface area (Å²) in [4.78, 5) is 0. The Morgan fingerprint density at radius 3 is 2.32 bits per heavy atom. The topological polar surface area (TPSA) is 55.4 Å². The molecule has 0 amide bonds. The van der Waals surface area contributed by atoms with Crippen LogP contribution in [0.1, 0.15) is 41.5 Å². The lowest BCUT2D eigenvalue weighted by molar-refractivity contribution is 0.310. The van der Waals surface area contributed by atoms with Crippen molar-refractivity contribution in [2.75, 3.05) is 6.61 Å². The summed E-state index contributed by atoms with van der Waals surface area (Å²) in [6, 6.07) is 12.7. The van der Waals surface area contributed by atoms with Crippen LogP contribution < -0.4 is 4.72 Å². The molecule has 0 fully saturated rings. The van der Waals surface area contributed by atoms with Crippen LogP contribution in [0.25, 0.3) is 0 Å². The molecular weight excluding hydrogens is 488 g/mol. The third-order valence-electron chi connectivity index (χ3n) is 4.50. The number of fused-ring (bicyclic) bond motifs is 1. The van der Waals surface area contributed by atoms with Crippen LogP contribution in [0.4, 0.5) is 0 Å². The summed E-state index contributed by atoms with van der Waals surface area (Å²) in [5, 5.41) is 0.978. The quantitative estimate of drug-likeness (QED) is 0.496. The van der Waals surface area contributed by atoms with Gasteiger partial charge in [-0.3, -0.25) is 4.18 Å². The summed E-state index contributed by atoms with van der Waals surface area (Å²) in [5.74, 6) is 0.0776. The molecule has 2 aromatic rings. The molecule has 0 heterocycles. The fraction of sp³-hybridized carbons (Fsp3) is 0.333. The molecule has 1 aliphatic carbocycles. The van der Waals surface area contributed by atoms with E-state index in [0.29, 0.717) is 22.9 Å². The lowest BCUT2D eigenvalue weighted by atomic mass is 9.77. The maximum absolute atomic E-state index is 12.2. The Morgan fingerprint density at radius 1 is 1.00 bits per heavy atom. The molecule has 1 N–H and O–H groups in total. The smallest absolute Gasteiger partial charge is 0.254 e. The Balaban J connectivity index is 1.85. The van der Waals surface area contributed by atoms with E-state index in [1.54, 1.807) is 6.07 Å². The van der Waals surface area contributed by atoms with Gasteiger partial charge in [-0.1, -0.05) is 88.3 Å². The summed E-state index contributed by atoms with van der Waals surface area (Å²) in [5.41, 5.74) is 2.91. The van der Waals surface area contributed by atoms with Gasteiger partial charge in [-0.25, -0.2) is 0 Å². The maximum atomic E-state index is 12.2. The Morgan fingerprint density at radius 2 is 1.68 bits per heavy atom. The Hall–Kier alpha value is -0.240. The summed E-state index contributed by atoms with van der Waals surface area (Å²) in [7, 11) is -4.09. The van der Waals surface area contributed by atoms with Gasteiger partial charge in [0.25, 0.3) is 0 Å². The second kappa shape index (κ2) is 8.86. The molecule has 28 heavy (non-hydrogen) atoms. The molecule has 2 atom stereocenters. The van der Waals surface area contributed by atoms with Gasteiger partial charge in [-0.15, -0.1) is 0 Å². The largest absolute Gasteiger partial charge is 0.336 e. The zero-order valence-electron chi connectivity index (χ0n) is 14.3. The predicted octanol–water partition coefficient (Wildman–Crippen LogP) is 6.18. The van der Waals surface area contributed by atoms with Crippen LogP contribution in [-0.2, 0) is 14.5 Å². The second-order valence-electron chi connectivity index (χ2n) is 6.43. The second-order valence-corrected chi connectivity index (χ2v) is 11.1. The number of benzene rings is 2. The summed E-state index contributed by atoms with van der Waals surface area (Å²) < 4.78 is 30.0. The molecule has 1 aliphatic rings. The molecule has 4 nitrogen and oxygen atoms in total. The molecular formula is C18H16Cl5NO3S. The number of hydrogen-bond donors (Lipinski definition) is 1. The minimum atomic E-state index is -4.09. The maximum Gasteiger partial charge on any atom is 0.336 e. The van der Waals surface area contributed by atoms with Gasteiger partial charge in [0.1, 0.15) is 6.61 Å². The van der Waals surface area contributed by atoms with Gasteiger partial charge in [0.2, 0.25) is 3.79 Å². The zero-order chi connectivity index (χ0) is 20.5. The fourth-order valence-electron chi connectivity index (χ4n) is 3.34. The van der Waals surface area contributed by atoms with Gasteiger partial charge in [0, 0.05) is 12.0 Å². The van der Waals surface area contributed by atoms with Crippen molar-refractivity contribution in [3.05, 3.63) is 69.2 Å². The summed E-state index contributed by atoms with van der Waals surface area (Å²) in [6.07, 6.45) is 1.28. The number of alkyl halides is 3. The molecule has 3 rings (SSSR count). The van der Waals surface area contributed by atoms with Crippen LogP contribution >= 0.6 is 58.0 Å². The average molecular weight is 504 g/mol. The highest BCUT2D eigenvalue weighted by molar-refractivity contribution is 7.84. The van der Waals surface area contributed by atoms with Gasteiger partial charge >= 0.3 is 10.3 Å². The molecule has 152 valence electrons. The van der Waals surface area contributed by atoms with E-state index in [0.717, 1.165) is 16.7 Å². The number of hydrogen-bond acceptors (Lipinski definition) is 3. The first kappa shape index (κ1) is 22.4. The molecule has 0 radical (unpaired) electrons. The highest BCUT2D eigenvalue weighted by atomic mass is 35.6. The highest BCUT2D eigenvalue weighted by Gasteiger charge is 2.32. The lowest BCUT2D eigenvalue weighted by Gasteiger charge is -2.32. The first-order chi connectivity index (χ1) is 13.1. The van der Waals surface area contributed by atoms with Gasteiger partial charge < -0.3 is 0 Å². The summed E-state index contributed by atoms with van der Waals surface area (Å²) >= 11 is 28.9. The Labute approximate surface area is 189 Å². The van der Waals surface area contributed by atoms with Gasteiger partial charge in [-0.2, -0.15) is 13.1 Å². The van der Waals surface area contributed by atoms with Crippen molar-refractivity contribution in [2.24, 2.45) is 0 Å². The highest BCUT2D eigenvalue weighted by Crippen LogP contribution is 2.42. The normalized spacial score (nSPS) is 20.0. The molecule has 0 saturated carbocycles. The van der Waals surface area contributed by atoms with Crippen molar-refractivity contribution in [3.63, 3.8) is 0 Å². The van der Waals surface area contributed by atoms with Crippen molar-refractivity contribution in [2.45, 2.75) is 28.6 Å². The molecule has 0 spiro atoms. The van der Waals surface area contributed by atoms with Crippen LogP contribution in [0.5, 0.6) is 0 Å². The van der Waals surface area contributed by atoms with Crippen LogP contribution in [0, 0.1) is 0 Å². The van der Waals surface area contributed by atoms with Gasteiger partial charge in [0.15, 0.2) is 0 Å². The Kier molecular flexibility index (Phi) is 7.11. The third kappa shape index (κ3) is 5.67. The van der Waals surface area contributed by atoms with Crippen LogP contribution in [-0.4, -0.2) is 18.8 Å². The first-order valence-corrected chi connectivity index (χ1v) is 11.6. The number of nitrogens with one attached hydrogen (secondary N) is 1. The van der Waals surface area contributed by atoms with Crippen molar-refractivity contribution < 1.29 is 12.6 Å². The van der Waals surface area contributed by atoms with E-state index in [1.165, 1.54) is 0 Å². The summed E-state index contributed by atoms with van der Waals surface area (Å²) in [6.45, 7) is -0.576. The van der Waals surface area contributed by atoms with E-state index in [9.17, 15) is 8.42 Å². The van der Waals surface area contributed by atoms with E-state index in [2.05, 4.69) is 4.72 Å². The zero-order valence-corrected chi connectivity index (χ0v) is 18.9. The molecule has 0 aliphatic heterocycles. The van der Waals surface area contributed by atoms with E-state index in [4.69, 9.17) is 62.2 Å².